The molecule has 0 saturated heterocycles. The molecule has 0 bridgehead atoms. The lowest BCUT2D eigenvalue weighted by atomic mass is 10.0. The van der Waals surface area contributed by atoms with E-state index >= 15 is 0 Å². The highest BCUT2D eigenvalue weighted by Crippen LogP contribution is 2.31. The molecule has 0 heterocycles. The van der Waals surface area contributed by atoms with Crippen LogP contribution >= 0.6 is 34.8 Å². The number of hydrogen-bond acceptors (Lipinski definition) is 4. The van der Waals surface area contributed by atoms with E-state index in [1.165, 1.54) is 23.1 Å². The van der Waals surface area contributed by atoms with Gasteiger partial charge in [0.2, 0.25) is 21.8 Å². The normalized spacial score (nSPS) is 12.5. The summed E-state index contributed by atoms with van der Waals surface area (Å²) in [6.07, 6.45) is 1.20. The summed E-state index contributed by atoms with van der Waals surface area (Å²) in [5.74, 6) is -0.953. The molecule has 0 aliphatic rings. The fraction of sp³-hybridized carbons (Fsp3) is 0.310. The Labute approximate surface area is 251 Å². The smallest absolute Gasteiger partial charge is 0.244 e. The van der Waals surface area contributed by atoms with Crippen LogP contribution in [0.5, 0.6) is 0 Å². The van der Waals surface area contributed by atoms with E-state index in [0.29, 0.717) is 10.0 Å². The molecule has 0 spiro atoms. The third-order valence-corrected chi connectivity index (χ3v) is 7.81. The number of anilines is 1. The molecule has 0 unspecified atom stereocenters. The van der Waals surface area contributed by atoms with Crippen LogP contribution in [0.1, 0.15) is 31.9 Å². The first-order valence-electron chi connectivity index (χ1n) is 12.5. The van der Waals surface area contributed by atoms with Gasteiger partial charge in [0.05, 0.1) is 17.0 Å². The fourth-order valence-corrected chi connectivity index (χ4v) is 5.62. The number of rotatable bonds is 10. The number of carbonyl (C=O) groups is 2. The highest BCUT2D eigenvalue weighted by atomic mass is 35.5. The largest absolute Gasteiger partial charge is 0.350 e. The van der Waals surface area contributed by atoms with Gasteiger partial charge in [-0.15, -0.1) is 0 Å². The molecule has 0 aliphatic carbocycles. The minimum absolute atomic E-state index is 0.0387. The van der Waals surface area contributed by atoms with Crippen LogP contribution < -0.4 is 9.62 Å². The molecule has 0 radical (unpaired) electrons. The summed E-state index contributed by atoms with van der Waals surface area (Å²) in [5.41, 5.74) is 1.09. The molecule has 11 heteroatoms. The van der Waals surface area contributed by atoms with E-state index in [-0.39, 0.29) is 29.6 Å². The van der Waals surface area contributed by atoms with Crippen molar-refractivity contribution in [2.24, 2.45) is 0 Å². The average molecular weight is 625 g/mol. The van der Waals surface area contributed by atoms with Gasteiger partial charge in [0.25, 0.3) is 0 Å². The van der Waals surface area contributed by atoms with Crippen molar-refractivity contribution in [3.8, 4) is 0 Å². The van der Waals surface area contributed by atoms with Gasteiger partial charge in [-0.25, -0.2) is 8.42 Å². The number of amides is 2. The van der Waals surface area contributed by atoms with Crippen molar-refractivity contribution in [1.82, 2.24) is 10.2 Å². The summed E-state index contributed by atoms with van der Waals surface area (Å²) >= 11 is 18.4. The number of benzene rings is 3. The summed E-state index contributed by atoms with van der Waals surface area (Å²) in [7, 11) is -3.95. The molecular formula is C29H32Cl3N3O4S. The van der Waals surface area contributed by atoms with Crippen LogP contribution in [0.3, 0.4) is 0 Å². The molecule has 0 aromatic heterocycles. The van der Waals surface area contributed by atoms with E-state index in [1.807, 2.05) is 51.1 Å². The Balaban J connectivity index is 2.09. The minimum atomic E-state index is -3.95. The molecule has 214 valence electrons. The van der Waals surface area contributed by atoms with E-state index in [2.05, 4.69) is 5.32 Å². The number of nitrogens with one attached hydrogen (secondary N) is 1. The summed E-state index contributed by atoms with van der Waals surface area (Å²) < 4.78 is 26.7. The third-order valence-electron chi connectivity index (χ3n) is 5.89. The lowest BCUT2D eigenvalue weighted by Gasteiger charge is -2.35. The van der Waals surface area contributed by atoms with Crippen molar-refractivity contribution in [1.29, 1.82) is 0 Å². The quantitative estimate of drug-likeness (QED) is 0.301. The molecule has 3 rings (SSSR count). The van der Waals surface area contributed by atoms with Crippen molar-refractivity contribution in [3.05, 3.63) is 99.0 Å². The second kappa shape index (κ2) is 13.3. The van der Waals surface area contributed by atoms with Gasteiger partial charge in [-0.05, 0) is 62.2 Å². The van der Waals surface area contributed by atoms with Crippen molar-refractivity contribution >= 4 is 62.3 Å². The number of carbonyl (C=O) groups excluding carboxylic acids is 2. The summed E-state index contributed by atoms with van der Waals surface area (Å²) in [4.78, 5) is 29.2. The Morgan fingerprint density at radius 3 is 2.02 bits per heavy atom. The van der Waals surface area contributed by atoms with Gasteiger partial charge in [-0.2, -0.15) is 0 Å². The Hall–Kier alpha value is -2.78. The van der Waals surface area contributed by atoms with Gasteiger partial charge in [0.1, 0.15) is 12.6 Å². The highest BCUT2D eigenvalue weighted by Gasteiger charge is 2.34. The summed E-state index contributed by atoms with van der Waals surface area (Å²) in [5, 5.41) is 3.89. The maximum Gasteiger partial charge on any atom is 0.244 e. The molecule has 0 aliphatic heterocycles. The molecule has 40 heavy (non-hydrogen) atoms. The van der Waals surface area contributed by atoms with Gasteiger partial charge >= 0.3 is 0 Å². The first kappa shape index (κ1) is 31.7. The van der Waals surface area contributed by atoms with Crippen molar-refractivity contribution in [2.45, 2.75) is 45.3 Å². The molecule has 3 aromatic rings. The van der Waals surface area contributed by atoms with Gasteiger partial charge in [0, 0.05) is 28.5 Å². The topological polar surface area (TPSA) is 86.8 Å². The van der Waals surface area contributed by atoms with E-state index in [9.17, 15) is 18.0 Å². The number of sulfonamides is 1. The molecule has 7 nitrogen and oxygen atoms in total. The molecule has 0 fully saturated rings. The van der Waals surface area contributed by atoms with E-state index in [1.54, 1.807) is 24.3 Å². The molecule has 0 saturated carbocycles. The van der Waals surface area contributed by atoms with Crippen LogP contribution in [0, 0.1) is 0 Å². The number of halogens is 3. The highest BCUT2D eigenvalue weighted by molar-refractivity contribution is 7.92. The zero-order valence-electron chi connectivity index (χ0n) is 22.7. The lowest BCUT2D eigenvalue weighted by Crippen LogP contribution is -2.56. The van der Waals surface area contributed by atoms with E-state index in [0.717, 1.165) is 21.7 Å². The molecule has 1 N–H and O–H groups in total. The SMILES string of the molecule is CC(C)(C)NC(=O)[C@@H](Cc1ccccc1)N(Cc1ccc(Cl)cc1)C(=O)CN(c1ccc(Cl)cc1Cl)S(C)(=O)=O. The van der Waals surface area contributed by atoms with Gasteiger partial charge in [-0.1, -0.05) is 77.3 Å². The maximum absolute atomic E-state index is 14.1. The first-order valence-corrected chi connectivity index (χ1v) is 15.4. The number of hydrogen-bond donors (Lipinski definition) is 1. The van der Waals surface area contributed by atoms with Crippen molar-refractivity contribution in [3.63, 3.8) is 0 Å². The molecule has 1 atom stereocenters. The fourth-order valence-electron chi connectivity index (χ4n) is 4.07. The van der Waals surface area contributed by atoms with Crippen LogP contribution in [-0.2, 0) is 32.6 Å². The van der Waals surface area contributed by atoms with Gasteiger partial charge in [-0.3, -0.25) is 13.9 Å². The standard InChI is InChI=1S/C29H32Cl3N3O4S/c1-29(2,3)33-28(37)26(16-20-8-6-5-7-9-20)34(18-21-10-12-22(30)13-11-21)27(36)19-35(40(4,38)39)25-15-14-23(31)17-24(25)32/h5-15,17,26H,16,18-19H2,1-4H3,(H,33,37)/t26-/m1/s1. The second-order valence-electron chi connectivity index (χ2n) is 10.5. The molecule has 3 aromatic carbocycles. The minimum Gasteiger partial charge on any atom is -0.350 e. The molecule has 2 amide bonds. The van der Waals surface area contributed by atoms with Crippen molar-refractivity contribution < 1.29 is 18.0 Å². The zero-order valence-corrected chi connectivity index (χ0v) is 25.8. The Kier molecular flexibility index (Phi) is 10.5. The first-order chi connectivity index (χ1) is 18.6. The Morgan fingerprint density at radius 1 is 0.875 bits per heavy atom. The summed E-state index contributed by atoms with van der Waals surface area (Å²) in [6.45, 7) is 5.01. The van der Waals surface area contributed by atoms with Gasteiger partial charge < -0.3 is 10.2 Å². The lowest BCUT2D eigenvalue weighted by molar-refractivity contribution is -0.140. The third kappa shape index (κ3) is 9.13. The predicted molar refractivity (Wildman–Crippen MR) is 162 cm³/mol. The van der Waals surface area contributed by atoms with E-state index in [4.69, 9.17) is 34.8 Å². The van der Waals surface area contributed by atoms with Gasteiger partial charge in [0.15, 0.2) is 0 Å². The number of nitrogens with zero attached hydrogens (tertiary/aromatic N) is 2. The van der Waals surface area contributed by atoms with Crippen LogP contribution in [0.25, 0.3) is 0 Å². The monoisotopic (exact) mass is 623 g/mol. The Bertz CT molecular complexity index is 1440. The average Bonchev–Trinajstić information content (AvgIpc) is 2.85. The second-order valence-corrected chi connectivity index (χ2v) is 13.6. The van der Waals surface area contributed by atoms with Crippen molar-refractivity contribution in [2.75, 3.05) is 17.1 Å². The van der Waals surface area contributed by atoms with Crippen LogP contribution in [0.4, 0.5) is 5.69 Å². The Morgan fingerprint density at radius 2 is 1.48 bits per heavy atom. The van der Waals surface area contributed by atoms with Crippen LogP contribution in [0.15, 0.2) is 72.8 Å². The van der Waals surface area contributed by atoms with E-state index < -0.39 is 34.1 Å². The van der Waals surface area contributed by atoms with Crippen LogP contribution in [0.2, 0.25) is 15.1 Å². The molecular weight excluding hydrogens is 593 g/mol. The zero-order chi connectivity index (χ0) is 29.7. The predicted octanol–water partition coefficient (Wildman–Crippen LogP) is 5.97. The summed E-state index contributed by atoms with van der Waals surface area (Å²) in [6, 6.07) is 19.6. The van der Waals surface area contributed by atoms with Crippen LogP contribution in [-0.4, -0.2) is 49.5 Å². The maximum atomic E-state index is 14.1.